The third-order valence-electron chi connectivity index (χ3n) is 4.42. The molecule has 11 heteroatoms. The SMILES string of the molecule is O=S(=O)(c1ccc(OC(F)(F)F)cc1)N1CC(n2cc(C3CC3)nn2)C1. The highest BCUT2D eigenvalue weighted by atomic mass is 32.2. The van der Waals surface area contributed by atoms with E-state index in [2.05, 4.69) is 15.0 Å². The summed E-state index contributed by atoms with van der Waals surface area (Å²) in [7, 11) is -3.77. The van der Waals surface area contributed by atoms with E-state index in [0.717, 1.165) is 42.8 Å². The zero-order valence-corrected chi connectivity index (χ0v) is 14.2. The number of halogens is 3. The van der Waals surface area contributed by atoms with E-state index in [1.54, 1.807) is 4.68 Å². The molecule has 0 amide bonds. The van der Waals surface area contributed by atoms with E-state index in [-0.39, 0.29) is 24.0 Å². The van der Waals surface area contributed by atoms with Crippen molar-refractivity contribution in [3.8, 4) is 5.75 Å². The van der Waals surface area contributed by atoms with Crippen LogP contribution in [0, 0.1) is 0 Å². The van der Waals surface area contributed by atoms with E-state index in [1.165, 1.54) is 4.31 Å². The maximum absolute atomic E-state index is 12.5. The van der Waals surface area contributed by atoms with Crippen LogP contribution in [0.15, 0.2) is 35.4 Å². The number of aromatic nitrogens is 3. The molecule has 0 radical (unpaired) electrons. The van der Waals surface area contributed by atoms with Crippen LogP contribution in [0.3, 0.4) is 0 Å². The molecular formula is C15H15F3N4O3S. The maximum Gasteiger partial charge on any atom is 0.573 e. The number of ether oxygens (including phenoxy) is 1. The first kappa shape index (κ1) is 17.3. The van der Waals surface area contributed by atoms with Crippen LogP contribution in [0.2, 0.25) is 0 Å². The molecule has 7 nitrogen and oxygen atoms in total. The summed E-state index contributed by atoms with van der Waals surface area (Å²) in [5.41, 5.74) is 0.937. The monoisotopic (exact) mass is 388 g/mol. The van der Waals surface area contributed by atoms with Gasteiger partial charge in [-0.05, 0) is 37.1 Å². The first-order chi connectivity index (χ1) is 12.2. The Morgan fingerprint density at radius 3 is 2.35 bits per heavy atom. The lowest BCUT2D eigenvalue weighted by Gasteiger charge is -2.37. The van der Waals surface area contributed by atoms with Crippen LogP contribution >= 0.6 is 0 Å². The summed E-state index contributed by atoms with van der Waals surface area (Å²) in [6, 6.07) is 4.08. The molecule has 1 aromatic heterocycles. The van der Waals surface area contributed by atoms with Crippen molar-refractivity contribution < 1.29 is 26.3 Å². The summed E-state index contributed by atoms with van der Waals surface area (Å²) >= 11 is 0. The van der Waals surface area contributed by atoms with Gasteiger partial charge in [0.05, 0.1) is 16.6 Å². The number of nitrogens with zero attached hydrogens (tertiary/aromatic N) is 4. The Balaban J connectivity index is 1.41. The fourth-order valence-corrected chi connectivity index (χ4v) is 4.29. The lowest BCUT2D eigenvalue weighted by atomic mass is 10.2. The number of hydrogen-bond donors (Lipinski definition) is 0. The van der Waals surface area contributed by atoms with Gasteiger partial charge in [0.15, 0.2) is 0 Å². The van der Waals surface area contributed by atoms with E-state index >= 15 is 0 Å². The van der Waals surface area contributed by atoms with Crippen LogP contribution in [0.1, 0.15) is 30.5 Å². The van der Waals surface area contributed by atoms with Gasteiger partial charge in [0.2, 0.25) is 10.0 Å². The van der Waals surface area contributed by atoms with Gasteiger partial charge in [-0.2, -0.15) is 4.31 Å². The Morgan fingerprint density at radius 2 is 1.77 bits per heavy atom. The molecule has 2 aromatic rings. The van der Waals surface area contributed by atoms with Crippen molar-refractivity contribution in [3.63, 3.8) is 0 Å². The lowest BCUT2D eigenvalue weighted by Crippen LogP contribution is -2.50. The molecule has 0 N–H and O–H groups in total. The number of benzene rings is 1. The molecule has 26 heavy (non-hydrogen) atoms. The normalized spacial score (nSPS) is 19.3. The molecule has 1 aliphatic carbocycles. The average Bonchev–Trinajstić information content (AvgIpc) is 3.24. The van der Waals surface area contributed by atoms with Gasteiger partial charge >= 0.3 is 6.36 Å². The second-order valence-corrected chi connectivity index (χ2v) is 8.33. The first-order valence-corrected chi connectivity index (χ1v) is 9.44. The Kier molecular flexibility index (Phi) is 3.95. The summed E-state index contributed by atoms with van der Waals surface area (Å²) in [5, 5.41) is 8.16. The predicted molar refractivity (Wildman–Crippen MR) is 82.9 cm³/mol. The fraction of sp³-hybridized carbons (Fsp3) is 0.467. The highest BCUT2D eigenvalue weighted by Gasteiger charge is 2.39. The Bertz CT molecular complexity index is 901. The van der Waals surface area contributed by atoms with E-state index in [1.807, 2.05) is 6.20 Å². The number of hydrogen-bond acceptors (Lipinski definition) is 5. The summed E-state index contributed by atoms with van der Waals surface area (Å²) in [6.45, 7) is 0.493. The zero-order valence-electron chi connectivity index (χ0n) is 13.4. The summed E-state index contributed by atoms with van der Waals surface area (Å²) < 4.78 is 68.2. The molecule has 1 aromatic carbocycles. The van der Waals surface area contributed by atoms with Crippen LogP contribution < -0.4 is 4.74 Å². The van der Waals surface area contributed by atoms with Crippen molar-refractivity contribution in [2.75, 3.05) is 13.1 Å². The topological polar surface area (TPSA) is 77.3 Å². The van der Waals surface area contributed by atoms with Crippen molar-refractivity contribution >= 4 is 10.0 Å². The van der Waals surface area contributed by atoms with E-state index in [4.69, 9.17) is 0 Å². The third-order valence-corrected chi connectivity index (χ3v) is 6.27. The van der Waals surface area contributed by atoms with Gasteiger partial charge in [-0.25, -0.2) is 13.1 Å². The predicted octanol–water partition coefficient (Wildman–Crippen LogP) is 2.30. The van der Waals surface area contributed by atoms with Gasteiger partial charge in [0.25, 0.3) is 0 Å². The van der Waals surface area contributed by atoms with Crippen molar-refractivity contribution in [1.82, 2.24) is 19.3 Å². The molecule has 2 fully saturated rings. The molecule has 2 aliphatic rings. The van der Waals surface area contributed by atoms with Crippen molar-refractivity contribution in [3.05, 3.63) is 36.2 Å². The van der Waals surface area contributed by atoms with Crippen molar-refractivity contribution in [2.24, 2.45) is 0 Å². The molecule has 1 saturated heterocycles. The smallest absolute Gasteiger partial charge is 0.406 e. The van der Waals surface area contributed by atoms with Gasteiger partial charge in [-0.1, -0.05) is 5.21 Å². The van der Waals surface area contributed by atoms with Gasteiger partial charge in [-0.3, -0.25) is 0 Å². The van der Waals surface area contributed by atoms with Crippen LogP contribution in [-0.4, -0.2) is 47.2 Å². The van der Waals surface area contributed by atoms with Crippen LogP contribution in [0.25, 0.3) is 0 Å². The van der Waals surface area contributed by atoms with Crippen LogP contribution in [0.4, 0.5) is 13.2 Å². The molecule has 0 spiro atoms. The summed E-state index contributed by atoms with van der Waals surface area (Å²) in [5.74, 6) is 0.00857. The molecule has 4 rings (SSSR count). The Hall–Kier alpha value is -2.14. The highest BCUT2D eigenvalue weighted by molar-refractivity contribution is 7.89. The van der Waals surface area contributed by atoms with E-state index < -0.39 is 22.1 Å². The van der Waals surface area contributed by atoms with Gasteiger partial charge in [-0.15, -0.1) is 18.3 Å². The maximum atomic E-state index is 12.5. The van der Waals surface area contributed by atoms with E-state index in [9.17, 15) is 21.6 Å². The van der Waals surface area contributed by atoms with E-state index in [0.29, 0.717) is 5.92 Å². The second-order valence-electron chi connectivity index (χ2n) is 6.39. The quantitative estimate of drug-likeness (QED) is 0.786. The number of rotatable bonds is 5. The summed E-state index contributed by atoms with van der Waals surface area (Å²) in [6.07, 6.45) is -0.742. The molecule has 1 saturated carbocycles. The van der Waals surface area contributed by atoms with Gasteiger partial charge < -0.3 is 4.74 Å². The average molecular weight is 388 g/mol. The second kappa shape index (κ2) is 5.95. The molecule has 2 heterocycles. The molecule has 1 aliphatic heterocycles. The number of alkyl halides is 3. The zero-order chi connectivity index (χ0) is 18.5. The van der Waals surface area contributed by atoms with Crippen LogP contribution in [-0.2, 0) is 10.0 Å². The van der Waals surface area contributed by atoms with Crippen molar-refractivity contribution in [1.29, 1.82) is 0 Å². The summed E-state index contributed by atoms with van der Waals surface area (Å²) in [4.78, 5) is -0.0808. The Morgan fingerprint density at radius 1 is 1.12 bits per heavy atom. The third kappa shape index (κ3) is 3.40. The Labute approximate surface area is 147 Å². The molecule has 0 bridgehead atoms. The van der Waals surface area contributed by atoms with Gasteiger partial charge in [0.1, 0.15) is 5.75 Å². The first-order valence-electron chi connectivity index (χ1n) is 8.00. The van der Waals surface area contributed by atoms with Crippen LogP contribution in [0.5, 0.6) is 5.75 Å². The fourth-order valence-electron chi connectivity index (χ4n) is 2.78. The standard InChI is InChI=1S/C15H15F3N4O3S/c16-15(17,18)25-12-3-5-13(6-4-12)26(23,24)21-7-11(8-21)22-9-14(19-20-22)10-1-2-10/h3-6,9-11H,1-2,7-8H2. The minimum Gasteiger partial charge on any atom is -0.406 e. The molecular weight excluding hydrogens is 373 g/mol. The molecule has 140 valence electrons. The number of sulfonamides is 1. The minimum atomic E-state index is -4.82. The lowest BCUT2D eigenvalue weighted by molar-refractivity contribution is -0.274. The van der Waals surface area contributed by atoms with Crippen molar-refractivity contribution in [2.45, 2.75) is 36.1 Å². The molecule has 0 atom stereocenters. The largest absolute Gasteiger partial charge is 0.573 e. The van der Waals surface area contributed by atoms with Gasteiger partial charge in [0, 0.05) is 25.2 Å². The highest BCUT2D eigenvalue weighted by Crippen LogP contribution is 2.39. The molecule has 0 unspecified atom stereocenters. The minimum absolute atomic E-state index is 0.0808.